The number of nitrogens with zero attached hydrogens (tertiary/aromatic N) is 1. The summed E-state index contributed by atoms with van der Waals surface area (Å²) in [7, 11) is -7.04. The van der Waals surface area contributed by atoms with Gasteiger partial charge in [0.1, 0.15) is 11.7 Å². The molecule has 3 aromatic rings. The molecule has 1 saturated heterocycles. The number of nitrogens with one attached hydrogen (secondary N) is 2. The highest BCUT2D eigenvalue weighted by Gasteiger charge is 2.44. The minimum Gasteiger partial charge on any atom is -0.363 e. The summed E-state index contributed by atoms with van der Waals surface area (Å²) in [5.41, 5.74) is -0.903. The molecule has 9 nitrogen and oxygen atoms in total. The molecule has 1 aliphatic rings. The summed E-state index contributed by atoms with van der Waals surface area (Å²) in [5, 5.41) is 4.77. The van der Waals surface area contributed by atoms with Crippen LogP contribution in [0.4, 0.5) is 23.2 Å². The van der Waals surface area contributed by atoms with Gasteiger partial charge in [-0.3, -0.25) is 14.9 Å². The Bertz CT molecular complexity index is 1860. The number of carbonyl (C=O) groups is 2. The fourth-order valence-electron chi connectivity index (χ4n) is 5.54. The van der Waals surface area contributed by atoms with Crippen LogP contribution >= 0.6 is 0 Å². The second kappa shape index (κ2) is 14.0. The SMILES string of the molecule is CC(C)(F)C[C@H](N[C@@H](c1ccc(-c2ccc(S(C)(=O)=O)cc2)cc1)C(F)(F)F)C(=O)NC1CCN(c2ccccc2S(C)(=O)=O)CC1=O. The van der Waals surface area contributed by atoms with E-state index in [-0.39, 0.29) is 34.9 Å². The van der Waals surface area contributed by atoms with Crippen LogP contribution in [-0.2, 0) is 29.3 Å². The zero-order valence-electron chi connectivity index (χ0n) is 26.7. The number of halogens is 4. The maximum atomic E-state index is 14.9. The summed E-state index contributed by atoms with van der Waals surface area (Å²) in [6.07, 6.45) is -3.38. The number of alkyl halides is 4. The highest BCUT2D eigenvalue weighted by Crippen LogP contribution is 2.35. The van der Waals surface area contributed by atoms with Crippen LogP contribution in [0.2, 0.25) is 0 Å². The van der Waals surface area contributed by atoms with E-state index in [2.05, 4.69) is 10.6 Å². The molecular formula is C33H37F4N3O6S2. The van der Waals surface area contributed by atoms with Gasteiger partial charge < -0.3 is 10.2 Å². The van der Waals surface area contributed by atoms with Crippen molar-refractivity contribution in [1.82, 2.24) is 10.6 Å². The van der Waals surface area contributed by atoms with Gasteiger partial charge in [-0.1, -0.05) is 48.5 Å². The van der Waals surface area contributed by atoms with Gasteiger partial charge in [0.2, 0.25) is 5.91 Å². The summed E-state index contributed by atoms with van der Waals surface area (Å²) in [6.45, 7) is 2.18. The molecule has 3 aromatic carbocycles. The van der Waals surface area contributed by atoms with Crippen LogP contribution in [0.5, 0.6) is 0 Å². The lowest BCUT2D eigenvalue weighted by Gasteiger charge is -2.35. The van der Waals surface area contributed by atoms with E-state index in [0.717, 1.165) is 26.4 Å². The predicted octanol–water partition coefficient (Wildman–Crippen LogP) is 4.82. The van der Waals surface area contributed by atoms with Crippen molar-refractivity contribution >= 4 is 37.1 Å². The molecule has 0 radical (unpaired) electrons. The van der Waals surface area contributed by atoms with Crippen molar-refractivity contribution < 1.29 is 44.0 Å². The smallest absolute Gasteiger partial charge is 0.363 e. The average Bonchev–Trinajstić information content (AvgIpc) is 2.98. The molecule has 4 rings (SSSR count). The molecule has 1 amide bonds. The van der Waals surface area contributed by atoms with Crippen molar-refractivity contribution in [1.29, 1.82) is 0 Å². The molecular weight excluding hydrogens is 675 g/mol. The number of hydrogen-bond donors (Lipinski definition) is 2. The topological polar surface area (TPSA) is 130 Å². The third-order valence-electron chi connectivity index (χ3n) is 7.91. The number of hydrogen-bond acceptors (Lipinski definition) is 8. The van der Waals surface area contributed by atoms with Crippen molar-refractivity contribution in [3.05, 3.63) is 78.4 Å². The summed E-state index contributed by atoms with van der Waals surface area (Å²) >= 11 is 0. The number of benzene rings is 3. The van der Waals surface area contributed by atoms with E-state index in [9.17, 15) is 44.0 Å². The number of carbonyl (C=O) groups excluding carboxylic acids is 2. The Hall–Kier alpha value is -3.82. The molecule has 0 bridgehead atoms. The minimum absolute atomic E-state index is 0.0332. The van der Waals surface area contributed by atoms with Crippen LogP contribution in [0.15, 0.2) is 82.6 Å². The van der Waals surface area contributed by atoms with Gasteiger partial charge in [0.25, 0.3) is 0 Å². The lowest BCUT2D eigenvalue weighted by atomic mass is 9.95. The Balaban J connectivity index is 1.52. The lowest BCUT2D eigenvalue weighted by molar-refractivity contribution is -0.162. The van der Waals surface area contributed by atoms with Crippen LogP contribution in [0.25, 0.3) is 11.1 Å². The summed E-state index contributed by atoms with van der Waals surface area (Å²) < 4.78 is 106. The Morgan fingerprint density at radius 1 is 0.875 bits per heavy atom. The Morgan fingerprint density at radius 3 is 1.94 bits per heavy atom. The highest BCUT2D eigenvalue weighted by molar-refractivity contribution is 7.91. The summed E-state index contributed by atoms with van der Waals surface area (Å²) in [4.78, 5) is 28.2. The standard InChI is InChI=1S/C33H37F4N3O6S2/c1-32(2,34)19-26(31(42)39-25-17-18-40(20-28(25)41)27-7-5-6-8-29(27)48(4,45)46)38-30(33(35,36)37)23-11-9-21(10-12-23)22-13-15-24(16-14-22)47(3,43)44/h5-16,25-26,30,38H,17-20H2,1-4H3,(H,39,42)/t25?,26-,30-/m0/s1. The number of amides is 1. The number of anilines is 1. The first-order valence-corrected chi connectivity index (χ1v) is 18.7. The third kappa shape index (κ3) is 9.41. The first-order chi connectivity index (χ1) is 22.1. The molecule has 0 aromatic heterocycles. The predicted molar refractivity (Wildman–Crippen MR) is 174 cm³/mol. The van der Waals surface area contributed by atoms with Gasteiger partial charge in [-0.25, -0.2) is 21.2 Å². The molecule has 0 saturated carbocycles. The highest BCUT2D eigenvalue weighted by atomic mass is 32.2. The zero-order valence-corrected chi connectivity index (χ0v) is 28.3. The van der Waals surface area contributed by atoms with Gasteiger partial charge in [-0.05, 0) is 61.2 Å². The van der Waals surface area contributed by atoms with Gasteiger partial charge in [0, 0.05) is 25.5 Å². The van der Waals surface area contributed by atoms with E-state index in [1.54, 1.807) is 23.1 Å². The zero-order chi connectivity index (χ0) is 35.7. The fraction of sp³-hybridized carbons (Fsp3) is 0.394. The maximum Gasteiger partial charge on any atom is 0.407 e. The van der Waals surface area contributed by atoms with Crippen molar-refractivity contribution in [2.24, 2.45) is 0 Å². The van der Waals surface area contributed by atoms with Crippen LogP contribution in [0.1, 0.15) is 38.3 Å². The quantitative estimate of drug-likeness (QED) is 0.271. The maximum absolute atomic E-state index is 14.9. The largest absolute Gasteiger partial charge is 0.407 e. The van der Waals surface area contributed by atoms with Crippen LogP contribution in [0.3, 0.4) is 0 Å². The average molecular weight is 712 g/mol. The van der Waals surface area contributed by atoms with E-state index in [0.29, 0.717) is 16.8 Å². The van der Waals surface area contributed by atoms with Crippen molar-refractivity contribution in [2.45, 2.75) is 66.5 Å². The number of sulfone groups is 2. The van der Waals surface area contributed by atoms with E-state index in [1.165, 1.54) is 54.6 Å². The van der Waals surface area contributed by atoms with Gasteiger partial charge in [0.05, 0.1) is 34.1 Å². The van der Waals surface area contributed by atoms with Crippen LogP contribution in [-0.4, -0.2) is 78.1 Å². The monoisotopic (exact) mass is 711 g/mol. The van der Waals surface area contributed by atoms with E-state index in [1.807, 2.05) is 0 Å². The second-order valence-corrected chi connectivity index (χ2v) is 16.5. The first-order valence-electron chi connectivity index (χ1n) is 14.9. The summed E-state index contributed by atoms with van der Waals surface area (Å²) in [5.74, 6) is -1.47. The molecule has 1 aliphatic heterocycles. The van der Waals surface area contributed by atoms with E-state index in [4.69, 9.17) is 0 Å². The molecule has 1 unspecified atom stereocenters. The van der Waals surface area contributed by atoms with Gasteiger partial charge in [-0.2, -0.15) is 13.2 Å². The normalized spacial score (nSPS) is 17.5. The van der Waals surface area contributed by atoms with E-state index >= 15 is 0 Å². The molecule has 0 aliphatic carbocycles. The van der Waals surface area contributed by atoms with Gasteiger partial charge in [0.15, 0.2) is 25.5 Å². The Labute approximate surface area is 277 Å². The summed E-state index contributed by atoms with van der Waals surface area (Å²) in [6, 6.07) is 12.2. The van der Waals surface area contributed by atoms with Crippen molar-refractivity contribution in [3.63, 3.8) is 0 Å². The molecule has 260 valence electrons. The van der Waals surface area contributed by atoms with Crippen molar-refractivity contribution in [2.75, 3.05) is 30.5 Å². The fourth-order valence-corrected chi connectivity index (χ4v) is 7.08. The lowest BCUT2D eigenvalue weighted by Crippen LogP contribution is -2.57. The van der Waals surface area contributed by atoms with Gasteiger partial charge in [-0.15, -0.1) is 0 Å². The Morgan fingerprint density at radius 2 is 1.44 bits per heavy atom. The molecule has 3 atom stereocenters. The molecule has 1 fully saturated rings. The number of Topliss-reactive ketones (excluding diaryl/α,β-unsaturated/α-hetero) is 1. The van der Waals surface area contributed by atoms with Crippen molar-refractivity contribution in [3.8, 4) is 11.1 Å². The first kappa shape index (κ1) is 37.0. The molecule has 2 N–H and O–H groups in total. The minimum atomic E-state index is -4.90. The third-order valence-corrected chi connectivity index (χ3v) is 10.2. The number of rotatable bonds is 11. The van der Waals surface area contributed by atoms with Crippen LogP contribution < -0.4 is 15.5 Å². The Kier molecular flexibility index (Phi) is 10.8. The van der Waals surface area contributed by atoms with Crippen LogP contribution in [0, 0.1) is 0 Å². The molecule has 1 heterocycles. The number of ketones is 1. The van der Waals surface area contributed by atoms with E-state index < -0.39 is 67.8 Å². The molecule has 0 spiro atoms. The molecule has 15 heteroatoms. The number of piperidine rings is 1. The number of para-hydroxylation sites is 1. The van der Waals surface area contributed by atoms with Gasteiger partial charge >= 0.3 is 6.18 Å². The second-order valence-electron chi connectivity index (χ2n) is 12.5. The molecule has 48 heavy (non-hydrogen) atoms.